The molecule has 2 bridgehead atoms. The van der Waals surface area contributed by atoms with Gasteiger partial charge in [-0.3, -0.25) is 4.79 Å². The summed E-state index contributed by atoms with van der Waals surface area (Å²) >= 11 is 0. The largest absolute Gasteiger partial charge is 0.354 e. The minimum Gasteiger partial charge on any atom is -0.354 e. The van der Waals surface area contributed by atoms with Gasteiger partial charge in [-0.25, -0.2) is 0 Å². The molecule has 3 N–H and O–H groups in total. The third-order valence-electron chi connectivity index (χ3n) is 5.43. The van der Waals surface area contributed by atoms with Crippen LogP contribution in [0.1, 0.15) is 44.9 Å². The van der Waals surface area contributed by atoms with Crippen molar-refractivity contribution < 1.29 is 13.2 Å². The number of nitrogens with one attached hydrogen (secondary N) is 1. The van der Waals surface area contributed by atoms with E-state index in [0.717, 1.165) is 38.5 Å². The lowest BCUT2D eigenvalue weighted by Gasteiger charge is -2.39. The second-order valence-corrected chi connectivity index (χ2v) is 8.85. The molecule has 0 spiro atoms. The monoisotopic (exact) mass is 380 g/mol. The van der Waals surface area contributed by atoms with E-state index in [1.54, 1.807) is 8.61 Å². The minimum absolute atomic E-state index is 0. The first-order chi connectivity index (χ1) is 11.0. The highest BCUT2D eigenvalue weighted by Gasteiger charge is 2.47. The van der Waals surface area contributed by atoms with Gasteiger partial charge in [-0.2, -0.15) is 17.0 Å². The van der Waals surface area contributed by atoms with E-state index in [4.69, 9.17) is 5.73 Å². The predicted molar refractivity (Wildman–Crippen MR) is 95.0 cm³/mol. The van der Waals surface area contributed by atoms with Gasteiger partial charge < -0.3 is 11.1 Å². The quantitative estimate of drug-likeness (QED) is 0.699. The second kappa shape index (κ2) is 8.31. The fraction of sp³-hybridized carbons (Fsp3) is 0.933. The molecule has 3 rings (SSSR count). The maximum Gasteiger partial charge on any atom is 0.282 e. The van der Waals surface area contributed by atoms with Crippen LogP contribution in [0.3, 0.4) is 0 Å². The molecule has 3 fully saturated rings. The summed E-state index contributed by atoms with van der Waals surface area (Å²) < 4.78 is 29.5. The van der Waals surface area contributed by atoms with Crippen LogP contribution in [0.2, 0.25) is 0 Å². The molecule has 3 unspecified atom stereocenters. The smallest absolute Gasteiger partial charge is 0.282 e. The van der Waals surface area contributed by atoms with Crippen LogP contribution >= 0.6 is 12.4 Å². The number of hydrogen-bond donors (Lipinski definition) is 2. The molecule has 140 valence electrons. The average molecular weight is 381 g/mol. The van der Waals surface area contributed by atoms with Crippen molar-refractivity contribution in [2.24, 2.45) is 11.7 Å². The van der Waals surface area contributed by atoms with Crippen LogP contribution in [-0.4, -0.2) is 61.2 Å². The Balaban J connectivity index is 0.00000208. The molecule has 3 atom stereocenters. The number of hydrogen-bond acceptors (Lipinski definition) is 4. The molecule has 1 saturated carbocycles. The minimum atomic E-state index is -3.41. The molecule has 0 aromatic rings. The van der Waals surface area contributed by atoms with Gasteiger partial charge in [-0.05, 0) is 38.0 Å². The van der Waals surface area contributed by atoms with Crippen LogP contribution in [0, 0.1) is 5.92 Å². The molecular formula is C15H29ClN4O3S. The molecule has 9 heteroatoms. The third-order valence-corrected chi connectivity index (χ3v) is 7.54. The fourth-order valence-corrected chi connectivity index (χ4v) is 6.38. The summed E-state index contributed by atoms with van der Waals surface area (Å²) in [6.07, 6.45) is 6.18. The zero-order valence-electron chi connectivity index (χ0n) is 14.0. The lowest BCUT2D eigenvalue weighted by atomic mass is 10.1. The summed E-state index contributed by atoms with van der Waals surface area (Å²) in [5.41, 5.74) is 5.38. The van der Waals surface area contributed by atoms with Crippen molar-refractivity contribution in [3.63, 3.8) is 0 Å². The first-order valence-corrected chi connectivity index (χ1v) is 10.2. The molecule has 2 aliphatic heterocycles. The van der Waals surface area contributed by atoms with Crippen LogP contribution in [0.4, 0.5) is 0 Å². The Morgan fingerprint density at radius 2 is 1.96 bits per heavy atom. The summed E-state index contributed by atoms with van der Waals surface area (Å²) in [4.78, 5) is 11.6. The zero-order valence-corrected chi connectivity index (χ0v) is 15.7. The Morgan fingerprint density at radius 3 is 2.58 bits per heavy atom. The second-order valence-electron chi connectivity index (χ2n) is 7.01. The standard InChI is InChI=1S/C15H28N4O3S.ClH/c16-7-6-15(20)17-10-14-3-1-2-8-18(14)23(21,22)19-11-12-4-5-13(19)9-12;/h12-14H,1-11,16H2,(H,17,20);1H. The SMILES string of the molecule is Cl.NCCC(=O)NCC1CCCCN1S(=O)(=O)N1CC2CCC1C2. The van der Waals surface area contributed by atoms with Crippen LogP contribution in [0.5, 0.6) is 0 Å². The van der Waals surface area contributed by atoms with Gasteiger partial charge in [0.15, 0.2) is 0 Å². The lowest BCUT2D eigenvalue weighted by Crippen LogP contribution is -2.55. The molecule has 2 saturated heterocycles. The normalized spacial score (nSPS) is 31.0. The van der Waals surface area contributed by atoms with Crippen molar-refractivity contribution in [1.29, 1.82) is 0 Å². The van der Waals surface area contributed by atoms with Crippen molar-refractivity contribution in [1.82, 2.24) is 13.9 Å². The fourth-order valence-electron chi connectivity index (χ4n) is 4.23. The van der Waals surface area contributed by atoms with E-state index < -0.39 is 10.2 Å². The average Bonchev–Trinajstić information content (AvgIpc) is 3.17. The molecule has 1 aliphatic carbocycles. The summed E-state index contributed by atoms with van der Waals surface area (Å²) in [7, 11) is -3.41. The number of nitrogens with two attached hydrogens (primary N) is 1. The summed E-state index contributed by atoms with van der Waals surface area (Å²) in [5, 5.41) is 2.84. The maximum atomic E-state index is 13.1. The van der Waals surface area contributed by atoms with E-state index >= 15 is 0 Å². The van der Waals surface area contributed by atoms with Gasteiger partial charge in [-0.1, -0.05) is 6.42 Å². The highest BCUT2D eigenvalue weighted by molar-refractivity contribution is 7.86. The first kappa shape index (κ1) is 19.9. The van der Waals surface area contributed by atoms with Crippen LogP contribution in [0.25, 0.3) is 0 Å². The van der Waals surface area contributed by atoms with E-state index in [0.29, 0.717) is 32.1 Å². The van der Waals surface area contributed by atoms with Gasteiger partial charge in [0.1, 0.15) is 0 Å². The first-order valence-electron chi connectivity index (χ1n) is 8.77. The van der Waals surface area contributed by atoms with Gasteiger partial charge in [0, 0.05) is 44.7 Å². The Morgan fingerprint density at radius 1 is 1.17 bits per heavy atom. The van der Waals surface area contributed by atoms with Crippen LogP contribution in [-0.2, 0) is 15.0 Å². The van der Waals surface area contributed by atoms with Gasteiger partial charge in [0.2, 0.25) is 5.91 Å². The zero-order chi connectivity index (χ0) is 16.4. The number of amides is 1. The predicted octanol–water partition coefficient (Wildman–Crippen LogP) is 0.457. The Bertz CT molecular complexity index is 545. The highest BCUT2D eigenvalue weighted by atomic mass is 35.5. The molecular weight excluding hydrogens is 352 g/mol. The van der Waals surface area contributed by atoms with Crippen LogP contribution in [0.15, 0.2) is 0 Å². The highest BCUT2D eigenvalue weighted by Crippen LogP contribution is 2.40. The van der Waals surface area contributed by atoms with Crippen molar-refractivity contribution >= 4 is 28.5 Å². The Kier molecular flexibility index (Phi) is 6.90. The van der Waals surface area contributed by atoms with E-state index in [1.807, 2.05) is 0 Å². The molecule has 0 aromatic carbocycles. The van der Waals surface area contributed by atoms with Crippen molar-refractivity contribution in [2.45, 2.75) is 57.0 Å². The van der Waals surface area contributed by atoms with Crippen LogP contribution < -0.4 is 11.1 Å². The number of piperidine rings is 2. The molecule has 2 heterocycles. The van der Waals surface area contributed by atoms with Crippen molar-refractivity contribution in [3.05, 3.63) is 0 Å². The molecule has 7 nitrogen and oxygen atoms in total. The number of halogens is 1. The van der Waals surface area contributed by atoms with E-state index in [2.05, 4.69) is 5.32 Å². The topological polar surface area (TPSA) is 95.7 Å². The van der Waals surface area contributed by atoms with Crippen molar-refractivity contribution in [2.75, 3.05) is 26.2 Å². The van der Waals surface area contributed by atoms with E-state index in [1.165, 1.54) is 0 Å². The number of fused-ring (bicyclic) bond motifs is 2. The summed E-state index contributed by atoms with van der Waals surface area (Å²) in [6.45, 7) is 1.94. The molecule has 0 aromatic heterocycles. The Labute approximate surface area is 150 Å². The summed E-state index contributed by atoms with van der Waals surface area (Å²) in [5.74, 6) is 0.443. The number of nitrogens with zero attached hydrogens (tertiary/aromatic N) is 2. The maximum absolute atomic E-state index is 13.1. The van der Waals surface area contributed by atoms with E-state index in [9.17, 15) is 13.2 Å². The molecule has 0 radical (unpaired) electrons. The van der Waals surface area contributed by atoms with Gasteiger partial charge in [0.05, 0.1) is 0 Å². The summed E-state index contributed by atoms with van der Waals surface area (Å²) in [6, 6.07) is 0.0639. The Hall–Kier alpha value is -0.410. The third kappa shape index (κ3) is 4.04. The number of carbonyl (C=O) groups excluding carboxylic acids is 1. The molecule has 3 aliphatic rings. The van der Waals surface area contributed by atoms with Gasteiger partial charge in [0.25, 0.3) is 10.2 Å². The van der Waals surface area contributed by atoms with E-state index in [-0.39, 0.29) is 36.8 Å². The van der Waals surface area contributed by atoms with Crippen molar-refractivity contribution in [3.8, 4) is 0 Å². The number of rotatable bonds is 6. The molecule has 24 heavy (non-hydrogen) atoms. The molecule has 1 amide bonds. The lowest BCUT2D eigenvalue weighted by molar-refractivity contribution is -0.121. The van der Waals surface area contributed by atoms with Gasteiger partial charge >= 0.3 is 0 Å². The number of carbonyl (C=O) groups is 1. The van der Waals surface area contributed by atoms with Gasteiger partial charge in [-0.15, -0.1) is 12.4 Å².